The van der Waals surface area contributed by atoms with Crippen molar-refractivity contribution in [3.8, 4) is 0 Å². The van der Waals surface area contributed by atoms with Crippen LogP contribution in [0.3, 0.4) is 0 Å². The second kappa shape index (κ2) is 7.09. The van der Waals surface area contributed by atoms with Gasteiger partial charge in [0.15, 0.2) is 9.84 Å². The lowest BCUT2D eigenvalue weighted by molar-refractivity contribution is 0.237. The van der Waals surface area contributed by atoms with Crippen LogP contribution in [0.25, 0.3) is 0 Å². The summed E-state index contributed by atoms with van der Waals surface area (Å²) in [6.45, 7) is 5.77. The Balaban J connectivity index is 1.95. The van der Waals surface area contributed by atoms with Crippen LogP contribution >= 0.6 is 0 Å². The molecule has 2 rings (SSSR count). The zero-order chi connectivity index (χ0) is 14.4. The molecule has 0 radical (unpaired) electrons. The van der Waals surface area contributed by atoms with Crippen LogP contribution in [0.15, 0.2) is 29.2 Å². The predicted octanol–water partition coefficient (Wildman–Crippen LogP) is 2.38. The number of benzene rings is 1. The summed E-state index contributed by atoms with van der Waals surface area (Å²) in [6.07, 6.45) is 3.89. The van der Waals surface area contributed by atoms with Crippen LogP contribution < -0.4 is 5.32 Å². The molecule has 1 aliphatic heterocycles. The van der Waals surface area contributed by atoms with Gasteiger partial charge in [0.05, 0.1) is 16.3 Å². The Morgan fingerprint density at radius 2 is 1.85 bits per heavy atom. The molecule has 1 N–H and O–H groups in total. The first kappa shape index (κ1) is 15.3. The molecule has 0 bridgehead atoms. The highest BCUT2D eigenvalue weighted by Crippen LogP contribution is 2.21. The monoisotopic (exact) mass is 296 g/mol. The molecule has 1 aromatic rings. The standard InChI is InChI=1S/C15H24N2O2S/c1-2-20(18,19)15-9-5-4-8-14(15)16-10-13-17-11-6-3-7-12-17/h4-5,8-9,16H,2-3,6-7,10-13H2,1H3. The number of hydrogen-bond donors (Lipinski definition) is 1. The van der Waals surface area contributed by atoms with Gasteiger partial charge in [-0.15, -0.1) is 0 Å². The van der Waals surface area contributed by atoms with Crippen molar-refractivity contribution in [1.82, 2.24) is 4.90 Å². The lowest BCUT2D eigenvalue weighted by Crippen LogP contribution is -2.33. The number of anilines is 1. The van der Waals surface area contributed by atoms with Gasteiger partial charge >= 0.3 is 0 Å². The minimum Gasteiger partial charge on any atom is -0.383 e. The van der Waals surface area contributed by atoms with Gasteiger partial charge in [-0.2, -0.15) is 0 Å². The van der Waals surface area contributed by atoms with Gasteiger partial charge in [0.2, 0.25) is 0 Å². The largest absolute Gasteiger partial charge is 0.383 e. The molecule has 1 aliphatic rings. The van der Waals surface area contributed by atoms with Crippen LogP contribution in [0, 0.1) is 0 Å². The Kier molecular flexibility index (Phi) is 5.43. The van der Waals surface area contributed by atoms with Crippen molar-refractivity contribution in [2.45, 2.75) is 31.1 Å². The fourth-order valence-corrected chi connectivity index (χ4v) is 3.64. The molecule has 0 aromatic heterocycles. The van der Waals surface area contributed by atoms with E-state index in [9.17, 15) is 8.42 Å². The van der Waals surface area contributed by atoms with E-state index in [0.29, 0.717) is 4.90 Å². The minimum atomic E-state index is -3.16. The summed E-state index contributed by atoms with van der Waals surface area (Å²) >= 11 is 0. The van der Waals surface area contributed by atoms with Crippen molar-refractivity contribution >= 4 is 15.5 Å². The highest BCUT2D eigenvalue weighted by Gasteiger charge is 2.16. The van der Waals surface area contributed by atoms with Crippen LogP contribution in [0.1, 0.15) is 26.2 Å². The molecule has 0 aliphatic carbocycles. The zero-order valence-corrected chi connectivity index (χ0v) is 13.0. The second-order valence-electron chi connectivity index (χ2n) is 5.23. The number of nitrogens with zero attached hydrogens (tertiary/aromatic N) is 1. The van der Waals surface area contributed by atoms with E-state index in [0.717, 1.165) is 31.9 Å². The van der Waals surface area contributed by atoms with Gasteiger partial charge in [0.25, 0.3) is 0 Å². The number of rotatable bonds is 6. The van der Waals surface area contributed by atoms with E-state index >= 15 is 0 Å². The van der Waals surface area contributed by atoms with Crippen molar-refractivity contribution in [2.24, 2.45) is 0 Å². The van der Waals surface area contributed by atoms with E-state index in [4.69, 9.17) is 0 Å². The van der Waals surface area contributed by atoms with Crippen LogP contribution in [0.2, 0.25) is 0 Å². The first-order valence-electron chi connectivity index (χ1n) is 7.41. The van der Waals surface area contributed by atoms with Crippen LogP contribution in [0.4, 0.5) is 5.69 Å². The Hall–Kier alpha value is -1.07. The normalized spacial score (nSPS) is 17.1. The van der Waals surface area contributed by atoms with E-state index in [1.165, 1.54) is 19.3 Å². The lowest BCUT2D eigenvalue weighted by Gasteiger charge is -2.26. The fourth-order valence-electron chi connectivity index (χ4n) is 2.57. The van der Waals surface area contributed by atoms with Gasteiger partial charge in [-0.05, 0) is 38.1 Å². The van der Waals surface area contributed by atoms with Gasteiger partial charge in [-0.25, -0.2) is 8.42 Å². The molecule has 0 unspecified atom stereocenters. The quantitative estimate of drug-likeness (QED) is 0.875. The van der Waals surface area contributed by atoms with Crippen molar-refractivity contribution < 1.29 is 8.42 Å². The van der Waals surface area contributed by atoms with Crippen molar-refractivity contribution in [3.63, 3.8) is 0 Å². The molecule has 0 spiro atoms. The summed E-state index contributed by atoms with van der Waals surface area (Å²) in [5.74, 6) is 0.137. The first-order chi connectivity index (χ1) is 9.63. The Labute approximate surface area is 122 Å². The molecule has 4 nitrogen and oxygen atoms in total. The molecule has 1 fully saturated rings. The highest BCUT2D eigenvalue weighted by atomic mass is 32.2. The average Bonchev–Trinajstić information content (AvgIpc) is 2.49. The van der Waals surface area contributed by atoms with Crippen molar-refractivity contribution in [1.29, 1.82) is 0 Å². The van der Waals surface area contributed by atoms with Gasteiger partial charge in [0.1, 0.15) is 0 Å². The predicted molar refractivity (Wildman–Crippen MR) is 82.9 cm³/mol. The molecule has 112 valence electrons. The number of piperidine rings is 1. The summed E-state index contributed by atoms with van der Waals surface area (Å²) in [4.78, 5) is 2.86. The molecule has 0 atom stereocenters. The van der Waals surface area contributed by atoms with E-state index in [2.05, 4.69) is 10.2 Å². The maximum Gasteiger partial charge on any atom is 0.180 e. The number of nitrogens with one attached hydrogen (secondary N) is 1. The van der Waals surface area contributed by atoms with E-state index in [1.807, 2.05) is 12.1 Å². The molecule has 0 amide bonds. The molecular formula is C15H24N2O2S. The fraction of sp³-hybridized carbons (Fsp3) is 0.600. The van der Waals surface area contributed by atoms with Gasteiger partial charge < -0.3 is 10.2 Å². The third-order valence-corrected chi connectivity index (χ3v) is 5.58. The van der Waals surface area contributed by atoms with Crippen LogP contribution in [-0.2, 0) is 9.84 Å². The second-order valence-corrected chi connectivity index (χ2v) is 7.48. The van der Waals surface area contributed by atoms with Crippen LogP contribution in [-0.4, -0.2) is 45.2 Å². The lowest BCUT2D eigenvalue weighted by atomic mass is 10.1. The molecule has 1 aromatic carbocycles. The molecule has 1 saturated heterocycles. The SMILES string of the molecule is CCS(=O)(=O)c1ccccc1NCCN1CCCCC1. The summed E-state index contributed by atoms with van der Waals surface area (Å²) in [6, 6.07) is 7.18. The van der Waals surface area contributed by atoms with Crippen molar-refractivity contribution in [3.05, 3.63) is 24.3 Å². The number of sulfone groups is 1. The molecule has 1 heterocycles. The molecule has 5 heteroatoms. The molecule has 0 saturated carbocycles. The van der Waals surface area contributed by atoms with Crippen molar-refractivity contribution in [2.75, 3.05) is 37.2 Å². The third kappa shape index (κ3) is 3.96. The Morgan fingerprint density at radius 3 is 2.55 bits per heavy atom. The van der Waals surface area contributed by atoms with E-state index in [1.54, 1.807) is 19.1 Å². The zero-order valence-electron chi connectivity index (χ0n) is 12.1. The van der Waals surface area contributed by atoms with E-state index < -0.39 is 9.84 Å². The smallest absolute Gasteiger partial charge is 0.180 e. The topological polar surface area (TPSA) is 49.4 Å². The third-order valence-electron chi connectivity index (χ3n) is 3.79. The number of likely N-dealkylation sites (tertiary alicyclic amines) is 1. The summed E-state index contributed by atoms with van der Waals surface area (Å²) in [5, 5.41) is 3.28. The maximum atomic E-state index is 12.0. The summed E-state index contributed by atoms with van der Waals surface area (Å²) in [5.41, 5.74) is 0.728. The summed E-state index contributed by atoms with van der Waals surface area (Å²) in [7, 11) is -3.16. The first-order valence-corrected chi connectivity index (χ1v) is 9.07. The van der Waals surface area contributed by atoms with Crippen LogP contribution in [0.5, 0.6) is 0 Å². The Morgan fingerprint density at radius 1 is 1.15 bits per heavy atom. The molecule has 20 heavy (non-hydrogen) atoms. The summed E-state index contributed by atoms with van der Waals surface area (Å²) < 4.78 is 24.1. The van der Waals surface area contributed by atoms with Gasteiger partial charge in [0, 0.05) is 13.1 Å². The molecular weight excluding hydrogens is 272 g/mol. The highest BCUT2D eigenvalue weighted by molar-refractivity contribution is 7.91. The minimum absolute atomic E-state index is 0.137. The number of para-hydroxylation sites is 1. The Bertz CT molecular complexity index is 522. The van der Waals surface area contributed by atoms with Gasteiger partial charge in [-0.3, -0.25) is 0 Å². The average molecular weight is 296 g/mol. The van der Waals surface area contributed by atoms with Gasteiger partial charge in [-0.1, -0.05) is 25.5 Å². The van der Waals surface area contributed by atoms with E-state index in [-0.39, 0.29) is 5.75 Å². The number of hydrogen-bond acceptors (Lipinski definition) is 4. The maximum absolute atomic E-state index is 12.0.